The summed E-state index contributed by atoms with van der Waals surface area (Å²) in [5, 5.41) is 9.16. The Morgan fingerprint density at radius 2 is 1.84 bits per heavy atom. The van der Waals surface area contributed by atoms with Crippen molar-refractivity contribution < 1.29 is 23.1 Å². The summed E-state index contributed by atoms with van der Waals surface area (Å²) in [7, 11) is -2.58. The first-order chi connectivity index (χ1) is 11.8. The van der Waals surface area contributed by atoms with E-state index in [2.05, 4.69) is 15.9 Å². The Balaban J connectivity index is 2.51. The van der Waals surface area contributed by atoms with Gasteiger partial charge in [-0.2, -0.15) is 0 Å². The van der Waals surface area contributed by atoms with E-state index in [-0.39, 0.29) is 4.90 Å². The Bertz CT molecular complexity index is 865. The summed E-state index contributed by atoms with van der Waals surface area (Å²) in [5.74, 6) is -0.758. The van der Waals surface area contributed by atoms with Crippen LogP contribution in [-0.4, -0.2) is 33.1 Å². The summed E-state index contributed by atoms with van der Waals surface area (Å²) >= 11 is 3.25. The maximum atomic E-state index is 13.0. The van der Waals surface area contributed by atoms with Crippen LogP contribution >= 0.6 is 15.9 Å². The highest BCUT2D eigenvalue weighted by molar-refractivity contribution is 9.10. The number of hydrogen-bond acceptors (Lipinski definition) is 4. The van der Waals surface area contributed by atoms with Crippen LogP contribution in [0, 0.1) is 0 Å². The number of carboxylic acid groups (broad SMARTS) is 1. The molecule has 0 heterocycles. The molecule has 0 aliphatic rings. The Morgan fingerprint density at radius 1 is 1.20 bits per heavy atom. The Kier molecular flexibility index (Phi) is 6.07. The minimum Gasteiger partial charge on any atom is -0.496 e. The lowest BCUT2D eigenvalue weighted by atomic mass is 10.1. The molecule has 134 valence electrons. The number of sulfonamides is 1. The SMILES string of the molecule is CCc1ccc(N(CC(=O)O)S(=O)(=O)c2ccc(OC)c(Br)c2)cc1. The maximum absolute atomic E-state index is 13.0. The predicted molar refractivity (Wildman–Crippen MR) is 98.7 cm³/mol. The van der Waals surface area contributed by atoms with Gasteiger partial charge in [-0.05, 0) is 58.2 Å². The molecule has 0 fully saturated rings. The lowest BCUT2D eigenvalue weighted by Gasteiger charge is -2.23. The molecule has 2 aromatic carbocycles. The van der Waals surface area contributed by atoms with Gasteiger partial charge in [0.1, 0.15) is 12.3 Å². The first-order valence-corrected chi connectivity index (χ1v) is 9.70. The van der Waals surface area contributed by atoms with Gasteiger partial charge in [-0.1, -0.05) is 19.1 Å². The highest BCUT2D eigenvalue weighted by Crippen LogP contribution is 2.30. The second kappa shape index (κ2) is 7.88. The molecule has 0 aliphatic heterocycles. The van der Waals surface area contributed by atoms with E-state index in [0.717, 1.165) is 16.3 Å². The Morgan fingerprint density at radius 3 is 2.32 bits per heavy atom. The minimum atomic E-state index is -4.05. The zero-order chi connectivity index (χ0) is 18.6. The van der Waals surface area contributed by atoms with Crippen molar-refractivity contribution in [3.05, 3.63) is 52.5 Å². The van der Waals surface area contributed by atoms with Crippen LogP contribution in [0.25, 0.3) is 0 Å². The molecule has 0 unspecified atom stereocenters. The molecule has 6 nitrogen and oxygen atoms in total. The fourth-order valence-electron chi connectivity index (χ4n) is 2.27. The van der Waals surface area contributed by atoms with Crippen LogP contribution in [-0.2, 0) is 21.2 Å². The quantitative estimate of drug-likeness (QED) is 0.732. The molecular formula is C17H18BrNO5S. The van der Waals surface area contributed by atoms with Crippen LogP contribution in [0.2, 0.25) is 0 Å². The molecule has 0 bridgehead atoms. The van der Waals surface area contributed by atoms with Gasteiger partial charge in [0.25, 0.3) is 10.0 Å². The van der Waals surface area contributed by atoms with Gasteiger partial charge >= 0.3 is 5.97 Å². The van der Waals surface area contributed by atoms with E-state index in [4.69, 9.17) is 9.84 Å². The third kappa shape index (κ3) is 4.32. The van der Waals surface area contributed by atoms with Crippen molar-refractivity contribution in [2.45, 2.75) is 18.2 Å². The van der Waals surface area contributed by atoms with Gasteiger partial charge < -0.3 is 9.84 Å². The van der Waals surface area contributed by atoms with Crippen LogP contribution in [0.5, 0.6) is 5.75 Å². The van der Waals surface area contributed by atoms with Gasteiger partial charge in [0, 0.05) is 0 Å². The number of hydrogen-bond donors (Lipinski definition) is 1. The van der Waals surface area contributed by atoms with Crippen LogP contribution in [0.15, 0.2) is 51.8 Å². The number of ether oxygens (including phenoxy) is 1. The highest BCUT2D eigenvalue weighted by atomic mass is 79.9. The number of carbonyl (C=O) groups is 1. The summed E-state index contributed by atoms with van der Waals surface area (Å²) in [6.07, 6.45) is 0.803. The lowest BCUT2D eigenvalue weighted by molar-refractivity contribution is -0.135. The van der Waals surface area contributed by atoms with E-state index in [1.165, 1.54) is 25.3 Å². The maximum Gasteiger partial charge on any atom is 0.324 e. The zero-order valence-electron chi connectivity index (χ0n) is 13.8. The second-order valence-electron chi connectivity index (χ2n) is 5.22. The number of anilines is 1. The minimum absolute atomic E-state index is 0.0269. The number of rotatable bonds is 7. The fourth-order valence-corrected chi connectivity index (χ4v) is 4.40. The number of halogens is 1. The summed E-state index contributed by atoms with van der Waals surface area (Å²) in [6.45, 7) is 1.31. The molecule has 0 aliphatic carbocycles. The van der Waals surface area contributed by atoms with Crippen LogP contribution < -0.4 is 9.04 Å². The number of aliphatic carboxylic acids is 1. The Labute approximate surface area is 155 Å². The zero-order valence-corrected chi connectivity index (χ0v) is 16.2. The molecule has 0 spiro atoms. The van der Waals surface area contributed by atoms with Gasteiger partial charge in [0.15, 0.2) is 0 Å². The first-order valence-electron chi connectivity index (χ1n) is 7.46. The third-order valence-electron chi connectivity index (χ3n) is 3.62. The fraction of sp³-hybridized carbons (Fsp3) is 0.235. The molecule has 25 heavy (non-hydrogen) atoms. The second-order valence-corrected chi connectivity index (χ2v) is 7.94. The average Bonchev–Trinajstić information content (AvgIpc) is 2.59. The van der Waals surface area contributed by atoms with Crippen molar-refractivity contribution in [1.29, 1.82) is 0 Å². The van der Waals surface area contributed by atoms with Crippen molar-refractivity contribution in [3.63, 3.8) is 0 Å². The van der Waals surface area contributed by atoms with Crippen molar-refractivity contribution in [2.24, 2.45) is 0 Å². The monoisotopic (exact) mass is 427 g/mol. The first kappa shape index (κ1) is 19.3. The smallest absolute Gasteiger partial charge is 0.324 e. The van der Waals surface area contributed by atoms with Crippen molar-refractivity contribution in [1.82, 2.24) is 0 Å². The van der Waals surface area contributed by atoms with Gasteiger partial charge in [-0.15, -0.1) is 0 Å². The summed E-state index contributed by atoms with van der Waals surface area (Å²) in [6, 6.07) is 11.1. The molecule has 1 N–H and O–H groups in total. The van der Waals surface area contributed by atoms with E-state index in [9.17, 15) is 13.2 Å². The molecule has 0 atom stereocenters. The van der Waals surface area contributed by atoms with Crippen LogP contribution in [0.4, 0.5) is 5.69 Å². The van der Waals surface area contributed by atoms with E-state index < -0.39 is 22.5 Å². The average molecular weight is 428 g/mol. The lowest BCUT2D eigenvalue weighted by Crippen LogP contribution is -2.35. The number of aryl methyl sites for hydroxylation is 1. The van der Waals surface area contributed by atoms with E-state index in [0.29, 0.717) is 15.9 Å². The molecule has 0 radical (unpaired) electrons. The van der Waals surface area contributed by atoms with Gasteiger partial charge in [-0.25, -0.2) is 8.42 Å². The van der Waals surface area contributed by atoms with E-state index in [1.54, 1.807) is 24.3 Å². The molecule has 0 amide bonds. The van der Waals surface area contributed by atoms with Crippen LogP contribution in [0.1, 0.15) is 12.5 Å². The van der Waals surface area contributed by atoms with Gasteiger partial charge in [0.2, 0.25) is 0 Å². The van der Waals surface area contributed by atoms with Crippen molar-refractivity contribution >= 4 is 37.6 Å². The number of methoxy groups -OCH3 is 1. The third-order valence-corrected chi connectivity index (χ3v) is 6.01. The standard InChI is InChI=1S/C17H18BrNO5S/c1-3-12-4-6-13(7-5-12)19(11-17(20)21)25(22,23)14-8-9-16(24-2)15(18)10-14/h4-10H,3,11H2,1-2H3,(H,20,21). The number of carboxylic acids is 1. The summed E-state index contributed by atoms with van der Waals surface area (Å²) < 4.78 is 32.4. The summed E-state index contributed by atoms with van der Waals surface area (Å²) in [5.41, 5.74) is 1.33. The van der Waals surface area contributed by atoms with Gasteiger partial charge in [0.05, 0.1) is 22.2 Å². The van der Waals surface area contributed by atoms with Crippen molar-refractivity contribution in [3.8, 4) is 5.75 Å². The predicted octanol–water partition coefficient (Wildman–Crippen LogP) is 3.30. The Hall–Kier alpha value is -2.06. The molecule has 0 saturated carbocycles. The van der Waals surface area contributed by atoms with Gasteiger partial charge in [-0.3, -0.25) is 9.10 Å². The number of benzene rings is 2. The molecule has 2 aromatic rings. The largest absolute Gasteiger partial charge is 0.496 e. The normalized spacial score (nSPS) is 11.2. The van der Waals surface area contributed by atoms with E-state index >= 15 is 0 Å². The number of nitrogens with zero attached hydrogens (tertiary/aromatic N) is 1. The molecular weight excluding hydrogens is 410 g/mol. The summed E-state index contributed by atoms with van der Waals surface area (Å²) in [4.78, 5) is 11.2. The van der Waals surface area contributed by atoms with Crippen LogP contribution in [0.3, 0.4) is 0 Å². The van der Waals surface area contributed by atoms with Crippen molar-refractivity contribution in [2.75, 3.05) is 18.0 Å². The molecule has 0 aromatic heterocycles. The molecule has 8 heteroatoms. The topological polar surface area (TPSA) is 83.9 Å². The molecule has 2 rings (SSSR count). The molecule has 0 saturated heterocycles. The highest BCUT2D eigenvalue weighted by Gasteiger charge is 2.27. The van der Waals surface area contributed by atoms with E-state index in [1.807, 2.05) is 6.92 Å².